The van der Waals surface area contributed by atoms with Crippen molar-refractivity contribution in [3.05, 3.63) is 0 Å². The Morgan fingerprint density at radius 3 is 2.25 bits per heavy atom. The highest BCUT2D eigenvalue weighted by atomic mass is 16.5. The highest BCUT2D eigenvalue weighted by molar-refractivity contribution is 5.76. The second-order valence-corrected chi connectivity index (χ2v) is 4.13. The topological polar surface area (TPSA) is 72.6 Å². The first-order chi connectivity index (χ1) is 7.38. The minimum atomic E-state index is -0.352. The maximum absolute atomic E-state index is 11.3. The van der Waals surface area contributed by atoms with Gasteiger partial charge in [0.25, 0.3) is 0 Å². The summed E-state index contributed by atoms with van der Waals surface area (Å²) in [6.07, 6.45) is 0. The number of ether oxygens (including phenoxy) is 1. The molecule has 0 radical (unpaired) electrons. The third kappa shape index (κ3) is 5.70. The molecule has 5 heteroatoms. The van der Waals surface area contributed by atoms with E-state index in [2.05, 4.69) is 0 Å². The van der Waals surface area contributed by atoms with Gasteiger partial charge in [0, 0.05) is 18.5 Å². The minimum Gasteiger partial charge on any atom is -0.465 e. The highest BCUT2D eigenvalue weighted by Crippen LogP contribution is 2.04. The van der Waals surface area contributed by atoms with Crippen LogP contribution in [0.25, 0.3) is 0 Å². The molecule has 0 saturated carbocycles. The van der Waals surface area contributed by atoms with Gasteiger partial charge in [-0.3, -0.25) is 14.5 Å². The van der Waals surface area contributed by atoms with E-state index in [9.17, 15) is 9.59 Å². The third-order valence-corrected chi connectivity index (χ3v) is 2.36. The standard InChI is InChI=1S/C11H22N2O3/c1-5-16-10(14)7-13(8(2)3)6-9(4)11(12)15/h8-9H,5-7H2,1-4H3,(H2,12,15). The summed E-state index contributed by atoms with van der Waals surface area (Å²) < 4.78 is 4.87. The quantitative estimate of drug-likeness (QED) is 0.642. The first-order valence-electron chi connectivity index (χ1n) is 5.57. The molecule has 0 saturated heterocycles. The van der Waals surface area contributed by atoms with E-state index in [-0.39, 0.29) is 30.4 Å². The summed E-state index contributed by atoms with van der Waals surface area (Å²) in [7, 11) is 0. The fourth-order valence-corrected chi connectivity index (χ4v) is 1.27. The fraction of sp³-hybridized carbons (Fsp3) is 0.818. The lowest BCUT2D eigenvalue weighted by Crippen LogP contribution is -2.42. The van der Waals surface area contributed by atoms with Crippen LogP contribution in [0.15, 0.2) is 0 Å². The summed E-state index contributed by atoms with van der Waals surface area (Å²) in [6, 6.07) is 0.172. The van der Waals surface area contributed by atoms with Crippen molar-refractivity contribution in [3.63, 3.8) is 0 Å². The summed E-state index contributed by atoms with van der Waals surface area (Å²) in [5.74, 6) is -0.890. The van der Waals surface area contributed by atoms with Crippen LogP contribution in [0, 0.1) is 5.92 Å². The molecule has 0 aromatic carbocycles. The zero-order valence-corrected chi connectivity index (χ0v) is 10.5. The number of amides is 1. The van der Waals surface area contributed by atoms with Gasteiger partial charge >= 0.3 is 5.97 Å². The number of hydrogen-bond acceptors (Lipinski definition) is 4. The largest absolute Gasteiger partial charge is 0.465 e. The van der Waals surface area contributed by atoms with Crippen molar-refractivity contribution >= 4 is 11.9 Å². The van der Waals surface area contributed by atoms with Gasteiger partial charge in [0.1, 0.15) is 0 Å². The lowest BCUT2D eigenvalue weighted by molar-refractivity contribution is -0.145. The van der Waals surface area contributed by atoms with E-state index in [0.717, 1.165) is 0 Å². The number of carbonyl (C=O) groups excluding carboxylic acids is 2. The van der Waals surface area contributed by atoms with Gasteiger partial charge in [0.05, 0.1) is 13.2 Å². The van der Waals surface area contributed by atoms with E-state index >= 15 is 0 Å². The number of esters is 1. The molecule has 0 spiro atoms. The molecule has 1 atom stereocenters. The first-order valence-corrected chi connectivity index (χ1v) is 5.57. The lowest BCUT2D eigenvalue weighted by atomic mass is 10.1. The lowest BCUT2D eigenvalue weighted by Gasteiger charge is -2.27. The van der Waals surface area contributed by atoms with E-state index in [4.69, 9.17) is 10.5 Å². The Kier molecular flexibility index (Phi) is 6.72. The van der Waals surface area contributed by atoms with Crippen molar-refractivity contribution in [2.24, 2.45) is 11.7 Å². The van der Waals surface area contributed by atoms with Crippen molar-refractivity contribution in [3.8, 4) is 0 Å². The molecule has 0 aliphatic carbocycles. The minimum absolute atomic E-state index is 0.172. The third-order valence-electron chi connectivity index (χ3n) is 2.36. The van der Waals surface area contributed by atoms with E-state index < -0.39 is 0 Å². The molecule has 0 fully saturated rings. The van der Waals surface area contributed by atoms with Gasteiger partial charge < -0.3 is 10.5 Å². The summed E-state index contributed by atoms with van der Waals surface area (Å²) in [5, 5.41) is 0. The molecule has 94 valence electrons. The van der Waals surface area contributed by atoms with Gasteiger partial charge in [-0.05, 0) is 20.8 Å². The monoisotopic (exact) mass is 230 g/mol. The van der Waals surface area contributed by atoms with Gasteiger partial charge in [-0.1, -0.05) is 6.92 Å². The van der Waals surface area contributed by atoms with Gasteiger partial charge in [0.2, 0.25) is 5.91 Å². The normalized spacial score (nSPS) is 12.9. The Balaban J connectivity index is 4.28. The van der Waals surface area contributed by atoms with E-state index in [1.54, 1.807) is 13.8 Å². The summed E-state index contributed by atoms with van der Waals surface area (Å²) in [4.78, 5) is 24.2. The Hall–Kier alpha value is -1.10. The predicted octanol–water partition coefficient (Wildman–Crippen LogP) is 0.381. The van der Waals surface area contributed by atoms with E-state index in [1.165, 1.54) is 0 Å². The molecule has 1 unspecified atom stereocenters. The molecule has 0 aliphatic heterocycles. The molecular weight excluding hydrogens is 208 g/mol. The molecule has 0 rings (SSSR count). The smallest absolute Gasteiger partial charge is 0.320 e. The first kappa shape index (κ1) is 14.9. The number of rotatable bonds is 7. The molecule has 0 heterocycles. The van der Waals surface area contributed by atoms with Crippen molar-refractivity contribution < 1.29 is 14.3 Å². The Morgan fingerprint density at radius 2 is 1.88 bits per heavy atom. The fourth-order valence-electron chi connectivity index (χ4n) is 1.27. The van der Waals surface area contributed by atoms with Crippen LogP contribution in [0.4, 0.5) is 0 Å². The summed E-state index contributed by atoms with van der Waals surface area (Å²) in [5.41, 5.74) is 5.19. The van der Waals surface area contributed by atoms with Gasteiger partial charge in [-0.25, -0.2) is 0 Å². The number of hydrogen-bond donors (Lipinski definition) is 1. The molecule has 16 heavy (non-hydrogen) atoms. The molecule has 0 bridgehead atoms. The SMILES string of the molecule is CCOC(=O)CN(CC(C)C(N)=O)C(C)C. The van der Waals surface area contributed by atoms with E-state index in [0.29, 0.717) is 13.2 Å². The molecule has 0 aromatic rings. The van der Waals surface area contributed by atoms with Crippen LogP contribution in [0.1, 0.15) is 27.7 Å². The summed E-state index contributed by atoms with van der Waals surface area (Å²) >= 11 is 0. The molecule has 2 N–H and O–H groups in total. The van der Waals surface area contributed by atoms with Crippen LogP contribution in [0.3, 0.4) is 0 Å². The van der Waals surface area contributed by atoms with Crippen LogP contribution in [0.2, 0.25) is 0 Å². The maximum atomic E-state index is 11.3. The van der Waals surface area contributed by atoms with Crippen molar-refractivity contribution in [1.82, 2.24) is 4.90 Å². The van der Waals surface area contributed by atoms with Crippen molar-refractivity contribution in [1.29, 1.82) is 0 Å². The van der Waals surface area contributed by atoms with Gasteiger partial charge in [0.15, 0.2) is 0 Å². The van der Waals surface area contributed by atoms with Crippen LogP contribution in [0.5, 0.6) is 0 Å². The Labute approximate surface area is 96.9 Å². The van der Waals surface area contributed by atoms with Crippen LogP contribution in [-0.2, 0) is 14.3 Å². The van der Waals surface area contributed by atoms with Gasteiger partial charge in [-0.2, -0.15) is 0 Å². The molecular formula is C11H22N2O3. The zero-order valence-electron chi connectivity index (χ0n) is 10.5. The average molecular weight is 230 g/mol. The second kappa shape index (κ2) is 7.22. The molecule has 1 amide bonds. The predicted molar refractivity (Wildman–Crippen MR) is 61.7 cm³/mol. The van der Waals surface area contributed by atoms with Crippen LogP contribution < -0.4 is 5.73 Å². The Bertz CT molecular complexity index is 241. The van der Waals surface area contributed by atoms with E-state index in [1.807, 2.05) is 18.7 Å². The van der Waals surface area contributed by atoms with Crippen molar-refractivity contribution in [2.75, 3.05) is 19.7 Å². The highest BCUT2D eigenvalue weighted by Gasteiger charge is 2.19. The van der Waals surface area contributed by atoms with Crippen LogP contribution >= 0.6 is 0 Å². The number of nitrogens with zero attached hydrogens (tertiary/aromatic N) is 1. The van der Waals surface area contributed by atoms with Gasteiger partial charge in [-0.15, -0.1) is 0 Å². The second-order valence-electron chi connectivity index (χ2n) is 4.13. The summed E-state index contributed by atoms with van der Waals surface area (Å²) in [6.45, 7) is 8.50. The number of nitrogens with two attached hydrogens (primary N) is 1. The Morgan fingerprint density at radius 1 is 1.31 bits per heavy atom. The molecule has 0 aliphatic rings. The van der Waals surface area contributed by atoms with Crippen molar-refractivity contribution in [2.45, 2.75) is 33.7 Å². The maximum Gasteiger partial charge on any atom is 0.320 e. The number of carbonyl (C=O) groups is 2. The zero-order chi connectivity index (χ0) is 12.7. The van der Waals surface area contributed by atoms with Crippen LogP contribution in [-0.4, -0.2) is 42.5 Å². The molecule has 0 aromatic heterocycles. The molecule has 5 nitrogen and oxygen atoms in total. The average Bonchev–Trinajstić information content (AvgIpc) is 2.16. The number of primary amides is 1.